The molecule has 0 fully saturated rings. The molecular weight excluding hydrogens is 507 g/mol. The molecule has 0 saturated heterocycles. The van der Waals surface area contributed by atoms with Gasteiger partial charge < -0.3 is 24.5 Å². The first-order valence-corrected chi connectivity index (χ1v) is 9.74. The van der Waals surface area contributed by atoms with Gasteiger partial charge in [0.15, 0.2) is 5.96 Å². The molecule has 0 bridgehead atoms. The van der Waals surface area contributed by atoms with E-state index in [0.717, 1.165) is 28.3 Å². The van der Waals surface area contributed by atoms with Crippen molar-refractivity contribution in [2.45, 2.75) is 26.4 Å². The number of nitrogens with zero attached hydrogens (tertiary/aromatic N) is 2. The lowest BCUT2D eigenvalue weighted by molar-refractivity contribution is 0.394. The molecule has 0 saturated carbocycles. The van der Waals surface area contributed by atoms with Crippen LogP contribution in [0.4, 0.5) is 0 Å². The van der Waals surface area contributed by atoms with Gasteiger partial charge in [0, 0.05) is 18.2 Å². The van der Waals surface area contributed by atoms with E-state index in [0.29, 0.717) is 18.4 Å². The van der Waals surface area contributed by atoms with Crippen LogP contribution in [0.5, 0.6) is 11.5 Å². The fourth-order valence-electron chi connectivity index (χ4n) is 3.05. The Balaban J connectivity index is 0.00000341. The minimum atomic E-state index is -0.0540. The number of rotatable bonds is 7. The lowest BCUT2D eigenvalue weighted by Crippen LogP contribution is -2.38. The molecule has 0 spiro atoms. The molecule has 1 unspecified atom stereocenters. The van der Waals surface area contributed by atoms with Crippen LogP contribution in [0.2, 0.25) is 0 Å². The highest BCUT2D eigenvalue weighted by molar-refractivity contribution is 14.0. The molecule has 7 nitrogen and oxygen atoms in total. The van der Waals surface area contributed by atoms with Crippen molar-refractivity contribution >= 4 is 29.9 Å². The van der Waals surface area contributed by atoms with E-state index in [1.54, 1.807) is 27.5 Å². The number of halogens is 1. The monoisotopic (exact) mass is 536 g/mol. The van der Waals surface area contributed by atoms with Crippen molar-refractivity contribution in [3.8, 4) is 23.0 Å². The topological polar surface area (TPSA) is 80.9 Å². The normalized spacial score (nSPS) is 12.0. The number of guanidine groups is 1. The number of hydrogen-bond donors (Lipinski definition) is 2. The number of aliphatic imine (C=N–C) groups is 1. The Morgan fingerprint density at radius 2 is 1.87 bits per heavy atom. The van der Waals surface area contributed by atoms with E-state index >= 15 is 0 Å². The zero-order chi connectivity index (χ0) is 21.5. The van der Waals surface area contributed by atoms with Gasteiger partial charge in [0.2, 0.25) is 5.89 Å². The molecule has 0 amide bonds. The van der Waals surface area contributed by atoms with E-state index in [1.807, 2.05) is 49.4 Å². The van der Waals surface area contributed by atoms with E-state index < -0.39 is 0 Å². The summed E-state index contributed by atoms with van der Waals surface area (Å²) in [7, 11) is 5.03. The lowest BCUT2D eigenvalue weighted by Gasteiger charge is -2.20. The lowest BCUT2D eigenvalue weighted by atomic mass is 10.1. The summed E-state index contributed by atoms with van der Waals surface area (Å²) in [5.41, 5.74) is 3.92. The molecule has 0 aliphatic carbocycles. The van der Waals surface area contributed by atoms with Crippen LogP contribution in [0.1, 0.15) is 29.8 Å². The molecule has 1 aromatic heterocycles. The zero-order valence-electron chi connectivity index (χ0n) is 18.4. The van der Waals surface area contributed by atoms with E-state index in [9.17, 15) is 0 Å². The molecule has 3 rings (SSSR count). The predicted molar refractivity (Wildman–Crippen MR) is 133 cm³/mol. The number of oxazole rings is 1. The molecule has 2 aromatic carbocycles. The molecular formula is C23H29IN4O3. The van der Waals surface area contributed by atoms with Gasteiger partial charge in [-0.15, -0.1) is 24.0 Å². The number of aromatic nitrogens is 1. The number of hydrogen-bond acceptors (Lipinski definition) is 5. The molecule has 166 valence electrons. The summed E-state index contributed by atoms with van der Waals surface area (Å²) in [6.45, 7) is 4.57. The SMILES string of the molecule is CN=C(NCc1coc(-c2ccc(C)cc2)n1)NC(C)c1cc(OC)ccc1OC.I. The second-order valence-electron chi connectivity index (χ2n) is 6.91. The van der Waals surface area contributed by atoms with Crippen LogP contribution < -0.4 is 20.1 Å². The van der Waals surface area contributed by atoms with Crippen molar-refractivity contribution in [1.29, 1.82) is 0 Å². The fraction of sp³-hybridized carbons (Fsp3) is 0.304. The second-order valence-corrected chi connectivity index (χ2v) is 6.91. The number of benzene rings is 2. The fourth-order valence-corrected chi connectivity index (χ4v) is 3.05. The number of nitrogens with one attached hydrogen (secondary N) is 2. The average molecular weight is 536 g/mol. The molecule has 3 aromatic rings. The first-order valence-electron chi connectivity index (χ1n) is 9.74. The molecule has 2 N–H and O–H groups in total. The Bertz CT molecular complexity index is 1000. The van der Waals surface area contributed by atoms with Crippen LogP contribution in [0, 0.1) is 6.92 Å². The average Bonchev–Trinajstić information content (AvgIpc) is 3.25. The maximum atomic E-state index is 5.62. The minimum absolute atomic E-state index is 0. The third kappa shape index (κ3) is 6.36. The van der Waals surface area contributed by atoms with E-state index in [4.69, 9.17) is 13.9 Å². The Kier molecular flexibility index (Phi) is 9.17. The highest BCUT2D eigenvalue weighted by atomic mass is 127. The van der Waals surface area contributed by atoms with Gasteiger partial charge in [0.1, 0.15) is 17.8 Å². The standard InChI is InChI=1S/C23H28N4O3.HI/c1-15-6-8-17(9-7-15)22-27-18(14-30-22)13-25-23(24-3)26-16(2)20-12-19(28-4)10-11-21(20)29-5;/h6-12,14,16H,13H2,1-5H3,(H2,24,25,26);1H. The molecule has 8 heteroatoms. The summed E-state index contributed by atoms with van der Waals surface area (Å²) >= 11 is 0. The Hall–Kier alpha value is -2.75. The van der Waals surface area contributed by atoms with Crippen LogP contribution in [0.3, 0.4) is 0 Å². The van der Waals surface area contributed by atoms with E-state index in [2.05, 4.69) is 27.5 Å². The summed E-state index contributed by atoms with van der Waals surface area (Å²) in [6, 6.07) is 13.7. The van der Waals surface area contributed by atoms with Gasteiger partial charge in [-0.05, 0) is 44.2 Å². The smallest absolute Gasteiger partial charge is 0.226 e. The summed E-state index contributed by atoms with van der Waals surface area (Å²) in [5.74, 6) is 2.80. The van der Waals surface area contributed by atoms with Gasteiger partial charge in [-0.25, -0.2) is 4.98 Å². The third-order valence-electron chi connectivity index (χ3n) is 4.77. The summed E-state index contributed by atoms with van der Waals surface area (Å²) in [6.07, 6.45) is 1.66. The second kappa shape index (κ2) is 11.6. The summed E-state index contributed by atoms with van der Waals surface area (Å²) in [4.78, 5) is 8.86. The number of ether oxygens (including phenoxy) is 2. The van der Waals surface area contributed by atoms with Crippen molar-refractivity contribution in [3.05, 3.63) is 65.5 Å². The van der Waals surface area contributed by atoms with Gasteiger partial charge in [0.05, 0.1) is 32.5 Å². The quantitative estimate of drug-likeness (QED) is 0.259. The van der Waals surface area contributed by atoms with Crippen molar-refractivity contribution in [1.82, 2.24) is 15.6 Å². The Morgan fingerprint density at radius 3 is 2.52 bits per heavy atom. The zero-order valence-corrected chi connectivity index (χ0v) is 20.8. The van der Waals surface area contributed by atoms with Crippen LogP contribution in [0.15, 0.2) is 58.1 Å². The summed E-state index contributed by atoms with van der Waals surface area (Å²) in [5, 5.41) is 6.64. The van der Waals surface area contributed by atoms with Crippen LogP contribution in [-0.2, 0) is 6.54 Å². The minimum Gasteiger partial charge on any atom is -0.497 e. The molecule has 1 heterocycles. The number of aryl methyl sites for hydroxylation is 1. The highest BCUT2D eigenvalue weighted by Crippen LogP contribution is 2.29. The maximum Gasteiger partial charge on any atom is 0.226 e. The molecule has 0 aliphatic heterocycles. The Morgan fingerprint density at radius 1 is 1.13 bits per heavy atom. The Labute approximate surface area is 200 Å². The third-order valence-corrected chi connectivity index (χ3v) is 4.77. The van der Waals surface area contributed by atoms with Gasteiger partial charge in [-0.3, -0.25) is 4.99 Å². The highest BCUT2D eigenvalue weighted by Gasteiger charge is 2.15. The molecule has 1 atom stereocenters. The predicted octanol–water partition coefficient (Wildman–Crippen LogP) is 4.71. The summed E-state index contributed by atoms with van der Waals surface area (Å²) < 4.78 is 16.4. The first-order chi connectivity index (χ1) is 14.5. The van der Waals surface area contributed by atoms with E-state index in [1.165, 1.54) is 5.56 Å². The van der Waals surface area contributed by atoms with Gasteiger partial charge in [0.25, 0.3) is 0 Å². The van der Waals surface area contributed by atoms with Gasteiger partial charge >= 0.3 is 0 Å². The van der Waals surface area contributed by atoms with Gasteiger partial charge in [-0.1, -0.05) is 17.7 Å². The van der Waals surface area contributed by atoms with Crippen molar-refractivity contribution in [2.75, 3.05) is 21.3 Å². The van der Waals surface area contributed by atoms with Crippen LogP contribution in [-0.4, -0.2) is 32.2 Å². The number of methoxy groups -OCH3 is 2. The van der Waals surface area contributed by atoms with Crippen LogP contribution >= 0.6 is 24.0 Å². The largest absolute Gasteiger partial charge is 0.497 e. The first kappa shape index (κ1) is 24.5. The van der Waals surface area contributed by atoms with Gasteiger partial charge in [-0.2, -0.15) is 0 Å². The van der Waals surface area contributed by atoms with Crippen molar-refractivity contribution in [2.24, 2.45) is 4.99 Å². The van der Waals surface area contributed by atoms with Crippen molar-refractivity contribution < 1.29 is 13.9 Å². The molecule has 31 heavy (non-hydrogen) atoms. The maximum absolute atomic E-state index is 5.62. The molecule has 0 aliphatic rings. The van der Waals surface area contributed by atoms with Crippen molar-refractivity contribution in [3.63, 3.8) is 0 Å². The molecule has 0 radical (unpaired) electrons. The van der Waals surface area contributed by atoms with Crippen LogP contribution in [0.25, 0.3) is 11.5 Å². The van der Waals surface area contributed by atoms with E-state index in [-0.39, 0.29) is 30.0 Å².